The van der Waals surface area contributed by atoms with E-state index in [0.29, 0.717) is 11.3 Å². The van der Waals surface area contributed by atoms with Crippen LogP contribution in [0.15, 0.2) is 47.4 Å². The number of rotatable bonds is 6. The number of carbonyl (C=O) groups excluding carboxylic acids is 2. The summed E-state index contributed by atoms with van der Waals surface area (Å²) in [6.07, 6.45) is 0. The molecule has 2 amide bonds. The van der Waals surface area contributed by atoms with Crippen LogP contribution in [-0.2, 0) is 10.0 Å². The van der Waals surface area contributed by atoms with Crippen LogP contribution in [0.25, 0.3) is 0 Å². The molecule has 0 spiro atoms. The van der Waals surface area contributed by atoms with E-state index in [-0.39, 0.29) is 17.2 Å². The van der Waals surface area contributed by atoms with Gasteiger partial charge in [-0.05, 0) is 55.3 Å². The first-order valence-electron chi connectivity index (χ1n) is 7.92. The fourth-order valence-corrected chi connectivity index (χ4v) is 3.15. The van der Waals surface area contributed by atoms with Crippen LogP contribution in [0.5, 0.6) is 0 Å². The van der Waals surface area contributed by atoms with Gasteiger partial charge in [0.05, 0.1) is 11.4 Å². The van der Waals surface area contributed by atoms with Crippen LogP contribution in [0.2, 0.25) is 0 Å². The Morgan fingerprint density at radius 2 is 1.62 bits per heavy atom. The maximum Gasteiger partial charge on any atom is 0.318 e. The molecule has 0 heterocycles. The molecule has 0 aromatic heterocycles. The van der Waals surface area contributed by atoms with Crippen molar-refractivity contribution < 1.29 is 18.0 Å². The third-order valence-corrected chi connectivity index (χ3v) is 5.32. The van der Waals surface area contributed by atoms with Crippen molar-refractivity contribution in [3.8, 4) is 0 Å². The Morgan fingerprint density at radius 1 is 0.962 bits per heavy atom. The van der Waals surface area contributed by atoms with Crippen LogP contribution < -0.4 is 15.4 Å². The normalized spacial score (nSPS) is 11.0. The molecule has 0 aliphatic rings. The molecule has 2 rings (SSSR count). The number of hydrogen-bond acceptors (Lipinski definition) is 4. The standard InChI is InChI=1S/C18H21N3O4S/c1-12-4-5-14(10-13(12)2)17(22)11-20-26(24,25)16-8-6-15(7-9-16)21-18(23)19-3/h4-10,20H,11H2,1-3H3,(H2,19,21,23). The van der Waals surface area contributed by atoms with Crippen LogP contribution in [0.1, 0.15) is 21.5 Å². The molecule has 3 N–H and O–H groups in total. The topological polar surface area (TPSA) is 104 Å². The first kappa shape index (κ1) is 19.6. The van der Waals surface area contributed by atoms with Crippen molar-refractivity contribution in [2.45, 2.75) is 18.7 Å². The Hall–Kier alpha value is -2.71. The van der Waals surface area contributed by atoms with E-state index < -0.39 is 16.1 Å². The number of amides is 2. The monoisotopic (exact) mass is 375 g/mol. The van der Waals surface area contributed by atoms with E-state index in [1.165, 1.54) is 31.3 Å². The maximum absolute atomic E-state index is 12.3. The lowest BCUT2D eigenvalue weighted by Crippen LogP contribution is -2.29. The van der Waals surface area contributed by atoms with Crippen LogP contribution in [0.3, 0.4) is 0 Å². The van der Waals surface area contributed by atoms with E-state index >= 15 is 0 Å². The number of urea groups is 1. The molecule has 0 radical (unpaired) electrons. The average Bonchev–Trinajstić information content (AvgIpc) is 2.62. The molecule has 0 aliphatic carbocycles. The van der Waals surface area contributed by atoms with Crippen LogP contribution >= 0.6 is 0 Å². The highest BCUT2D eigenvalue weighted by Gasteiger charge is 2.16. The van der Waals surface area contributed by atoms with E-state index in [1.54, 1.807) is 12.1 Å². The molecule has 0 atom stereocenters. The molecule has 0 saturated carbocycles. The highest BCUT2D eigenvalue weighted by atomic mass is 32.2. The van der Waals surface area contributed by atoms with Crippen LogP contribution in [-0.4, -0.2) is 33.8 Å². The fourth-order valence-electron chi connectivity index (χ4n) is 2.17. The zero-order valence-corrected chi connectivity index (χ0v) is 15.6. The number of aryl methyl sites for hydroxylation is 2. The lowest BCUT2D eigenvalue weighted by molar-refractivity contribution is 0.0997. The molecule has 7 nitrogen and oxygen atoms in total. The fraction of sp³-hybridized carbons (Fsp3) is 0.222. The quantitative estimate of drug-likeness (QED) is 0.673. The molecule has 26 heavy (non-hydrogen) atoms. The number of sulfonamides is 1. The van der Waals surface area contributed by atoms with Crippen LogP contribution in [0, 0.1) is 13.8 Å². The summed E-state index contributed by atoms with van der Waals surface area (Å²) >= 11 is 0. The van der Waals surface area contributed by atoms with Gasteiger partial charge in [0.15, 0.2) is 5.78 Å². The molecule has 0 unspecified atom stereocenters. The SMILES string of the molecule is CNC(=O)Nc1ccc(S(=O)(=O)NCC(=O)c2ccc(C)c(C)c2)cc1. The average molecular weight is 375 g/mol. The van der Waals surface area contributed by atoms with Gasteiger partial charge in [0.25, 0.3) is 0 Å². The van der Waals surface area contributed by atoms with E-state index in [1.807, 2.05) is 19.9 Å². The second-order valence-corrected chi connectivity index (χ2v) is 7.54. The van der Waals surface area contributed by atoms with E-state index in [2.05, 4.69) is 15.4 Å². The molecular weight excluding hydrogens is 354 g/mol. The highest BCUT2D eigenvalue weighted by molar-refractivity contribution is 7.89. The minimum atomic E-state index is -3.83. The molecule has 0 aliphatic heterocycles. The molecule has 138 valence electrons. The second-order valence-electron chi connectivity index (χ2n) is 5.78. The number of benzene rings is 2. The summed E-state index contributed by atoms with van der Waals surface area (Å²) in [5.41, 5.74) is 2.95. The van der Waals surface area contributed by atoms with Gasteiger partial charge >= 0.3 is 6.03 Å². The summed E-state index contributed by atoms with van der Waals surface area (Å²) in [5, 5.41) is 4.93. The summed E-state index contributed by atoms with van der Waals surface area (Å²) in [6, 6.07) is 10.5. The number of Topliss-reactive ketones (excluding diaryl/α,β-unsaturated/α-hetero) is 1. The van der Waals surface area contributed by atoms with Gasteiger partial charge in [0.2, 0.25) is 10.0 Å². The Labute approximate surface area is 152 Å². The Balaban J connectivity index is 2.04. The molecule has 8 heteroatoms. The Bertz CT molecular complexity index is 922. The number of carbonyl (C=O) groups is 2. The summed E-state index contributed by atoms with van der Waals surface area (Å²) in [7, 11) is -2.35. The van der Waals surface area contributed by atoms with Crippen molar-refractivity contribution in [3.63, 3.8) is 0 Å². The molecule has 0 saturated heterocycles. The van der Waals surface area contributed by atoms with Gasteiger partial charge in [-0.2, -0.15) is 0 Å². The third kappa shape index (κ3) is 4.90. The first-order valence-corrected chi connectivity index (χ1v) is 9.40. The van der Waals surface area contributed by atoms with E-state index in [9.17, 15) is 18.0 Å². The molecule has 2 aromatic rings. The summed E-state index contributed by atoms with van der Waals surface area (Å²) in [4.78, 5) is 23.5. The minimum Gasteiger partial charge on any atom is -0.341 e. The van der Waals surface area contributed by atoms with E-state index in [0.717, 1.165) is 11.1 Å². The van der Waals surface area contributed by atoms with E-state index in [4.69, 9.17) is 0 Å². The van der Waals surface area contributed by atoms with Gasteiger partial charge in [0, 0.05) is 18.3 Å². The summed E-state index contributed by atoms with van der Waals surface area (Å²) < 4.78 is 26.9. The van der Waals surface area contributed by atoms with Crippen molar-refractivity contribution in [2.75, 3.05) is 18.9 Å². The number of anilines is 1. The number of hydrogen-bond donors (Lipinski definition) is 3. The van der Waals surface area contributed by atoms with Gasteiger partial charge < -0.3 is 10.6 Å². The molecular formula is C18H21N3O4S. The predicted molar refractivity (Wildman–Crippen MR) is 100.0 cm³/mol. The van der Waals surface area contributed by atoms with Crippen molar-refractivity contribution >= 4 is 27.5 Å². The third-order valence-electron chi connectivity index (χ3n) is 3.90. The zero-order valence-electron chi connectivity index (χ0n) is 14.8. The number of nitrogens with one attached hydrogen (secondary N) is 3. The van der Waals surface area contributed by atoms with Crippen molar-refractivity contribution in [2.24, 2.45) is 0 Å². The highest BCUT2D eigenvalue weighted by Crippen LogP contribution is 2.14. The number of ketones is 1. The Kier molecular flexibility index (Phi) is 6.12. The van der Waals surface area contributed by atoms with Crippen molar-refractivity contribution in [1.82, 2.24) is 10.0 Å². The first-order chi connectivity index (χ1) is 12.2. The lowest BCUT2D eigenvalue weighted by atomic mass is 10.0. The lowest BCUT2D eigenvalue weighted by Gasteiger charge is -2.09. The van der Waals surface area contributed by atoms with Gasteiger partial charge in [-0.25, -0.2) is 17.9 Å². The minimum absolute atomic E-state index is 0.00726. The maximum atomic E-state index is 12.3. The predicted octanol–water partition coefficient (Wildman–Crippen LogP) is 2.22. The van der Waals surface area contributed by atoms with Crippen LogP contribution in [0.4, 0.5) is 10.5 Å². The summed E-state index contributed by atoms with van der Waals surface area (Å²) in [5.74, 6) is -0.311. The second kappa shape index (κ2) is 8.11. The van der Waals surface area contributed by atoms with Gasteiger partial charge in [-0.3, -0.25) is 4.79 Å². The zero-order chi connectivity index (χ0) is 19.3. The Morgan fingerprint density at radius 3 is 2.19 bits per heavy atom. The van der Waals surface area contributed by atoms with Crippen molar-refractivity contribution in [3.05, 3.63) is 59.2 Å². The van der Waals surface area contributed by atoms with Crippen molar-refractivity contribution in [1.29, 1.82) is 0 Å². The molecule has 0 fully saturated rings. The molecule has 0 bridgehead atoms. The largest absolute Gasteiger partial charge is 0.341 e. The smallest absolute Gasteiger partial charge is 0.318 e. The molecule has 2 aromatic carbocycles. The summed E-state index contributed by atoms with van der Waals surface area (Å²) in [6.45, 7) is 3.50. The van der Waals surface area contributed by atoms with Gasteiger partial charge in [0.1, 0.15) is 0 Å². The van der Waals surface area contributed by atoms with Gasteiger partial charge in [-0.1, -0.05) is 12.1 Å². The van der Waals surface area contributed by atoms with Gasteiger partial charge in [-0.15, -0.1) is 0 Å².